The molecule has 2 aromatic rings. The number of anilines is 1. The van der Waals surface area contributed by atoms with Crippen molar-refractivity contribution < 1.29 is 14.3 Å². The molecule has 1 atom stereocenters. The average molecular weight is 359 g/mol. The van der Waals surface area contributed by atoms with Crippen LogP contribution in [-0.4, -0.2) is 31.2 Å². The summed E-state index contributed by atoms with van der Waals surface area (Å²) < 4.78 is 5.33. The van der Waals surface area contributed by atoms with E-state index in [0.717, 1.165) is 16.8 Å². The molecule has 0 saturated carbocycles. The van der Waals surface area contributed by atoms with E-state index in [9.17, 15) is 9.59 Å². The lowest BCUT2D eigenvalue weighted by Gasteiger charge is -2.13. The highest BCUT2D eigenvalue weighted by Crippen LogP contribution is 2.21. The van der Waals surface area contributed by atoms with Gasteiger partial charge >= 0.3 is 6.09 Å². The van der Waals surface area contributed by atoms with E-state index in [2.05, 4.69) is 5.32 Å². The molecule has 6 heteroatoms. The Balaban J connectivity index is 1.50. The van der Waals surface area contributed by atoms with E-state index in [1.54, 1.807) is 17.0 Å². The molecule has 1 aliphatic rings. The number of carbonyl (C=O) groups is 2. The normalized spacial score (nSPS) is 16.6. The number of hydrogen-bond donors (Lipinski definition) is 1. The van der Waals surface area contributed by atoms with Gasteiger partial charge in [0.25, 0.3) is 0 Å². The van der Waals surface area contributed by atoms with Crippen LogP contribution in [-0.2, 0) is 16.0 Å². The molecule has 1 N–H and O–H groups in total. The van der Waals surface area contributed by atoms with Crippen LogP contribution in [0.5, 0.6) is 0 Å². The number of amides is 2. The zero-order valence-electron chi connectivity index (χ0n) is 13.9. The fourth-order valence-corrected chi connectivity index (χ4v) is 2.77. The van der Waals surface area contributed by atoms with Gasteiger partial charge in [0, 0.05) is 10.7 Å². The first kappa shape index (κ1) is 17.3. The number of rotatable bonds is 5. The summed E-state index contributed by atoms with van der Waals surface area (Å²) >= 11 is 5.83. The van der Waals surface area contributed by atoms with Crippen molar-refractivity contribution in [1.29, 1.82) is 0 Å². The van der Waals surface area contributed by atoms with Crippen molar-refractivity contribution in [3.63, 3.8) is 0 Å². The standard InChI is InChI=1S/C19H19ClN2O3/c1-13-2-8-16(9-3-13)22-12-17(25-19(22)24)11-21-18(23)10-14-4-6-15(20)7-5-14/h2-9,17H,10-12H2,1H3,(H,21,23). The number of benzene rings is 2. The highest BCUT2D eigenvalue weighted by atomic mass is 35.5. The minimum Gasteiger partial charge on any atom is -0.442 e. The molecule has 1 unspecified atom stereocenters. The van der Waals surface area contributed by atoms with Crippen LogP contribution in [0.2, 0.25) is 5.02 Å². The number of carbonyl (C=O) groups excluding carboxylic acids is 2. The number of aryl methyl sites for hydroxylation is 1. The van der Waals surface area contributed by atoms with Crippen molar-refractivity contribution in [2.45, 2.75) is 19.4 Å². The molecule has 0 aliphatic carbocycles. The summed E-state index contributed by atoms with van der Waals surface area (Å²) in [7, 11) is 0. The number of halogens is 1. The Bertz CT molecular complexity index is 759. The van der Waals surface area contributed by atoms with Crippen LogP contribution < -0.4 is 10.2 Å². The molecule has 3 rings (SSSR count). The second-order valence-corrected chi connectivity index (χ2v) is 6.50. The third-order valence-corrected chi connectivity index (χ3v) is 4.28. The monoisotopic (exact) mass is 358 g/mol. The molecule has 1 fully saturated rings. The zero-order valence-corrected chi connectivity index (χ0v) is 14.6. The molecule has 1 saturated heterocycles. The van der Waals surface area contributed by atoms with Gasteiger partial charge in [-0.25, -0.2) is 4.79 Å². The summed E-state index contributed by atoms with van der Waals surface area (Å²) in [5, 5.41) is 3.45. The topological polar surface area (TPSA) is 58.6 Å². The molecule has 2 amide bonds. The quantitative estimate of drug-likeness (QED) is 0.891. The SMILES string of the molecule is Cc1ccc(N2CC(CNC(=O)Cc3ccc(Cl)cc3)OC2=O)cc1. The Morgan fingerprint density at radius 1 is 1.20 bits per heavy atom. The van der Waals surface area contributed by atoms with Crippen LogP contribution in [0, 0.1) is 6.92 Å². The van der Waals surface area contributed by atoms with Gasteiger partial charge in [-0.3, -0.25) is 9.69 Å². The van der Waals surface area contributed by atoms with Gasteiger partial charge < -0.3 is 10.1 Å². The van der Waals surface area contributed by atoms with Crippen molar-refractivity contribution in [3.8, 4) is 0 Å². The Morgan fingerprint density at radius 3 is 2.56 bits per heavy atom. The van der Waals surface area contributed by atoms with Crippen LogP contribution in [0.15, 0.2) is 48.5 Å². The molecule has 1 heterocycles. The largest absolute Gasteiger partial charge is 0.442 e. The van der Waals surface area contributed by atoms with Gasteiger partial charge in [-0.1, -0.05) is 41.4 Å². The summed E-state index contributed by atoms with van der Waals surface area (Å²) in [5.74, 6) is -0.118. The average Bonchev–Trinajstić information content (AvgIpc) is 2.97. The van der Waals surface area contributed by atoms with E-state index in [0.29, 0.717) is 18.1 Å². The minimum absolute atomic E-state index is 0.118. The molecule has 0 bridgehead atoms. The molecule has 0 spiro atoms. The maximum Gasteiger partial charge on any atom is 0.414 e. The van der Waals surface area contributed by atoms with Crippen LogP contribution in [0.3, 0.4) is 0 Å². The molecule has 0 aromatic heterocycles. The van der Waals surface area contributed by atoms with Crippen molar-refractivity contribution in [1.82, 2.24) is 5.32 Å². The Labute approximate surface area is 151 Å². The molecule has 0 radical (unpaired) electrons. The smallest absolute Gasteiger partial charge is 0.414 e. The minimum atomic E-state index is -0.388. The van der Waals surface area contributed by atoms with Gasteiger partial charge in [-0.15, -0.1) is 0 Å². The Hall–Kier alpha value is -2.53. The molecule has 5 nitrogen and oxygen atoms in total. The summed E-state index contributed by atoms with van der Waals surface area (Å²) in [5.41, 5.74) is 2.81. The molecule has 1 aliphatic heterocycles. The molecule has 130 valence electrons. The van der Waals surface area contributed by atoms with E-state index in [1.807, 2.05) is 43.3 Å². The fraction of sp³-hybridized carbons (Fsp3) is 0.263. The first-order chi connectivity index (χ1) is 12.0. The highest BCUT2D eigenvalue weighted by Gasteiger charge is 2.32. The summed E-state index contributed by atoms with van der Waals surface area (Å²) in [4.78, 5) is 25.6. The van der Waals surface area contributed by atoms with E-state index < -0.39 is 0 Å². The third kappa shape index (κ3) is 4.51. The number of nitrogens with one attached hydrogen (secondary N) is 1. The number of cyclic esters (lactones) is 1. The Morgan fingerprint density at radius 2 is 1.88 bits per heavy atom. The maximum atomic E-state index is 12.0. The number of nitrogens with zero attached hydrogens (tertiary/aromatic N) is 1. The Kier molecular flexibility index (Phi) is 5.24. The summed E-state index contributed by atoms with van der Waals surface area (Å²) in [6.07, 6.45) is -0.483. The van der Waals surface area contributed by atoms with Gasteiger partial charge in [0.15, 0.2) is 0 Å². The lowest BCUT2D eigenvalue weighted by atomic mass is 10.1. The second-order valence-electron chi connectivity index (χ2n) is 6.06. The van der Waals surface area contributed by atoms with Crippen LogP contribution in [0.25, 0.3) is 0 Å². The summed E-state index contributed by atoms with van der Waals surface area (Å²) in [6.45, 7) is 2.70. The highest BCUT2D eigenvalue weighted by molar-refractivity contribution is 6.30. The van der Waals surface area contributed by atoms with Crippen molar-refractivity contribution in [2.24, 2.45) is 0 Å². The van der Waals surface area contributed by atoms with E-state index in [4.69, 9.17) is 16.3 Å². The van der Waals surface area contributed by atoms with Crippen molar-refractivity contribution >= 4 is 29.3 Å². The predicted molar refractivity (Wildman–Crippen MR) is 97.0 cm³/mol. The summed E-state index contributed by atoms with van der Waals surface area (Å²) in [6, 6.07) is 14.8. The zero-order chi connectivity index (χ0) is 17.8. The van der Waals surface area contributed by atoms with Gasteiger partial charge in [0.05, 0.1) is 19.5 Å². The number of ether oxygens (including phenoxy) is 1. The van der Waals surface area contributed by atoms with Crippen LogP contribution in [0.4, 0.5) is 10.5 Å². The second kappa shape index (κ2) is 7.57. The van der Waals surface area contributed by atoms with Gasteiger partial charge in [-0.05, 0) is 36.8 Å². The third-order valence-electron chi connectivity index (χ3n) is 4.02. The molecule has 2 aromatic carbocycles. The van der Waals surface area contributed by atoms with Gasteiger partial charge in [0.1, 0.15) is 6.10 Å². The molecular weight excluding hydrogens is 340 g/mol. The van der Waals surface area contributed by atoms with E-state index >= 15 is 0 Å². The molecular formula is C19H19ClN2O3. The first-order valence-electron chi connectivity index (χ1n) is 8.07. The van der Waals surface area contributed by atoms with Crippen molar-refractivity contribution in [3.05, 3.63) is 64.7 Å². The first-order valence-corrected chi connectivity index (χ1v) is 8.45. The van der Waals surface area contributed by atoms with Crippen LogP contribution in [0.1, 0.15) is 11.1 Å². The van der Waals surface area contributed by atoms with Gasteiger partial charge in [-0.2, -0.15) is 0 Å². The van der Waals surface area contributed by atoms with E-state index in [-0.39, 0.29) is 24.5 Å². The lowest BCUT2D eigenvalue weighted by Crippen LogP contribution is -2.35. The molecule has 25 heavy (non-hydrogen) atoms. The van der Waals surface area contributed by atoms with Crippen molar-refractivity contribution in [2.75, 3.05) is 18.0 Å². The van der Waals surface area contributed by atoms with Gasteiger partial charge in [0.2, 0.25) is 5.91 Å². The van der Waals surface area contributed by atoms with Crippen LogP contribution >= 0.6 is 11.6 Å². The lowest BCUT2D eigenvalue weighted by molar-refractivity contribution is -0.120. The van der Waals surface area contributed by atoms with E-state index in [1.165, 1.54) is 0 Å². The maximum absolute atomic E-state index is 12.0. The number of hydrogen-bond acceptors (Lipinski definition) is 3. The fourth-order valence-electron chi connectivity index (χ4n) is 2.64. The predicted octanol–water partition coefficient (Wildman–Crippen LogP) is 3.33.